The standard InChI is InChI=1S/C23H27N3O3/c1-14-10-16(29-2)4-5-17(14)15-11-18-19-13-25(23(27)28)9-6-21(19)26-8-3-7-24-20(12-15)22(18)26/h4-5,10-12,19,21,24H,3,6-9,13H2,1-2H3,(H,27,28)/t19-,21-/m0/s1. The van der Waals surface area contributed by atoms with E-state index in [9.17, 15) is 9.90 Å². The molecule has 1 saturated heterocycles. The number of hydrogen-bond acceptors (Lipinski definition) is 4. The maximum absolute atomic E-state index is 11.6. The molecule has 0 unspecified atom stereocenters. The van der Waals surface area contributed by atoms with Crippen molar-refractivity contribution in [3.63, 3.8) is 0 Å². The zero-order valence-electron chi connectivity index (χ0n) is 16.9. The van der Waals surface area contributed by atoms with Crippen LogP contribution in [0.1, 0.15) is 29.9 Å². The third-order valence-electron chi connectivity index (χ3n) is 6.71. The smallest absolute Gasteiger partial charge is 0.407 e. The molecule has 0 aromatic heterocycles. The SMILES string of the molecule is COc1ccc(-c2cc3c4c(c2)[C@@H]2CN(C(=O)O)CC[C@@H]2N4CCCN3)c(C)c1. The van der Waals surface area contributed by atoms with Crippen molar-refractivity contribution in [2.24, 2.45) is 0 Å². The van der Waals surface area contributed by atoms with Gasteiger partial charge in [0.2, 0.25) is 0 Å². The van der Waals surface area contributed by atoms with Crippen LogP contribution < -0.4 is 15.0 Å². The lowest BCUT2D eigenvalue weighted by Crippen LogP contribution is -2.48. The molecule has 3 aliphatic heterocycles. The minimum Gasteiger partial charge on any atom is -0.497 e. The average molecular weight is 393 g/mol. The summed E-state index contributed by atoms with van der Waals surface area (Å²) in [6, 6.07) is 11.1. The maximum atomic E-state index is 11.6. The number of nitrogens with one attached hydrogen (secondary N) is 1. The normalized spacial score (nSPS) is 22.4. The summed E-state index contributed by atoms with van der Waals surface area (Å²) >= 11 is 0. The fourth-order valence-corrected chi connectivity index (χ4v) is 5.35. The fourth-order valence-electron chi connectivity index (χ4n) is 5.35. The van der Waals surface area contributed by atoms with Gasteiger partial charge in [0.05, 0.1) is 18.5 Å². The molecule has 2 N–H and O–H groups in total. The van der Waals surface area contributed by atoms with Gasteiger partial charge in [-0.25, -0.2) is 4.79 Å². The highest BCUT2D eigenvalue weighted by Gasteiger charge is 2.44. The van der Waals surface area contributed by atoms with Crippen molar-refractivity contribution >= 4 is 17.5 Å². The number of ether oxygens (including phenoxy) is 1. The number of hydrogen-bond donors (Lipinski definition) is 2. The van der Waals surface area contributed by atoms with Crippen LogP contribution in [0.15, 0.2) is 30.3 Å². The topological polar surface area (TPSA) is 65.0 Å². The Morgan fingerprint density at radius 2 is 2.10 bits per heavy atom. The fraction of sp³-hybridized carbons (Fsp3) is 0.435. The van der Waals surface area contributed by atoms with Gasteiger partial charge in [0, 0.05) is 38.1 Å². The Kier molecular flexibility index (Phi) is 4.30. The van der Waals surface area contributed by atoms with Crippen LogP contribution >= 0.6 is 0 Å². The summed E-state index contributed by atoms with van der Waals surface area (Å²) in [6.45, 7) is 5.30. The van der Waals surface area contributed by atoms with Gasteiger partial charge >= 0.3 is 6.09 Å². The molecule has 0 spiro atoms. The lowest BCUT2D eigenvalue weighted by Gasteiger charge is -2.37. The van der Waals surface area contributed by atoms with E-state index in [1.807, 2.05) is 6.07 Å². The van der Waals surface area contributed by atoms with Crippen molar-refractivity contribution < 1.29 is 14.6 Å². The molecule has 3 heterocycles. The lowest BCUT2D eigenvalue weighted by atomic mass is 9.87. The van der Waals surface area contributed by atoms with Crippen LogP contribution in [0.2, 0.25) is 0 Å². The van der Waals surface area contributed by atoms with Gasteiger partial charge in [0.15, 0.2) is 0 Å². The van der Waals surface area contributed by atoms with E-state index in [1.165, 1.54) is 33.6 Å². The van der Waals surface area contributed by atoms with E-state index in [0.29, 0.717) is 19.1 Å². The minimum absolute atomic E-state index is 0.229. The van der Waals surface area contributed by atoms with E-state index in [-0.39, 0.29) is 5.92 Å². The van der Waals surface area contributed by atoms with E-state index >= 15 is 0 Å². The van der Waals surface area contributed by atoms with Crippen LogP contribution in [-0.4, -0.2) is 55.4 Å². The molecule has 0 aliphatic carbocycles. The van der Waals surface area contributed by atoms with E-state index < -0.39 is 6.09 Å². The molecular formula is C23H27N3O3. The van der Waals surface area contributed by atoms with E-state index in [1.54, 1.807) is 12.0 Å². The average Bonchev–Trinajstić information content (AvgIpc) is 2.88. The molecule has 6 nitrogen and oxygen atoms in total. The number of nitrogens with zero attached hydrogens (tertiary/aromatic N) is 2. The third-order valence-corrected chi connectivity index (χ3v) is 6.71. The van der Waals surface area contributed by atoms with E-state index in [4.69, 9.17) is 4.74 Å². The van der Waals surface area contributed by atoms with Gasteiger partial charge < -0.3 is 25.0 Å². The van der Waals surface area contributed by atoms with Crippen LogP contribution in [0.5, 0.6) is 5.75 Å². The largest absolute Gasteiger partial charge is 0.497 e. The molecule has 2 aromatic carbocycles. The van der Waals surface area contributed by atoms with Crippen LogP contribution in [0.25, 0.3) is 11.1 Å². The lowest BCUT2D eigenvalue weighted by molar-refractivity contribution is 0.127. The number of piperidine rings is 1. The van der Waals surface area contributed by atoms with Gasteiger partial charge in [-0.05, 0) is 66.3 Å². The summed E-state index contributed by atoms with van der Waals surface area (Å²) in [4.78, 5) is 15.7. The van der Waals surface area contributed by atoms with Gasteiger partial charge in [0.1, 0.15) is 5.75 Å². The molecule has 1 fully saturated rings. The number of rotatable bonds is 2. The highest BCUT2D eigenvalue weighted by atomic mass is 16.5. The molecule has 2 atom stereocenters. The van der Waals surface area contributed by atoms with Gasteiger partial charge in [-0.2, -0.15) is 0 Å². The number of benzene rings is 2. The Bertz CT molecular complexity index is 974. The molecule has 5 rings (SSSR count). The van der Waals surface area contributed by atoms with E-state index in [0.717, 1.165) is 31.7 Å². The molecule has 0 saturated carbocycles. The van der Waals surface area contributed by atoms with Gasteiger partial charge in [-0.3, -0.25) is 0 Å². The molecule has 1 amide bonds. The second-order valence-electron chi connectivity index (χ2n) is 8.31. The molecular weight excluding hydrogens is 366 g/mol. The first-order chi connectivity index (χ1) is 14.1. The molecule has 29 heavy (non-hydrogen) atoms. The predicted molar refractivity (Wildman–Crippen MR) is 114 cm³/mol. The first kappa shape index (κ1) is 18.2. The molecule has 0 radical (unpaired) electrons. The van der Waals surface area contributed by atoms with Crippen LogP contribution in [0, 0.1) is 6.92 Å². The Hall–Kier alpha value is -2.89. The molecule has 0 bridgehead atoms. The van der Waals surface area contributed by atoms with Crippen molar-refractivity contribution in [3.8, 4) is 16.9 Å². The number of aryl methyl sites for hydroxylation is 1. The molecule has 3 aliphatic rings. The summed E-state index contributed by atoms with van der Waals surface area (Å²) in [6.07, 6.45) is 1.18. The number of methoxy groups -OCH3 is 1. The minimum atomic E-state index is -0.809. The zero-order valence-corrected chi connectivity index (χ0v) is 16.9. The summed E-state index contributed by atoms with van der Waals surface area (Å²) in [5, 5.41) is 13.2. The van der Waals surface area contributed by atoms with Gasteiger partial charge in [-0.15, -0.1) is 0 Å². The van der Waals surface area contributed by atoms with Gasteiger partial charge in [-0.1, -0.05) is 6.07 Å². The summed E-state index contributed by atoms with van der Waals surface area (Å²) < 4.78 is 5.37. The second kappa shape index (κ2) is 6.87. The van der Waals surface area contributed by atoms with Crippen LogP contribution in [0.4, 0.5) is 16.2 Å². The van der Waals surface area contributed by atoms with E-state index in [2.05, 4.69) is 41.4 Å². The second-order valence-corrected chi connectivity index (χ2v) is 8.31. The highest BCUT2D eigenvalue weighted by Crippen LogP contribution is 2.51. The molecule has 6 heteroatoms. The number of amides is 1. The Labute approximate surface area is 171 Å². The van der Waals surface area contributed by atoms with Crippen molar-refractivity contribution in [1.29, 1.82) is 0 Å². The van der Waals surface area contributed by atoms with Crippen molar-refractivity contribution in [2.45, 2.75) is 31.7 Å². The Morgan fingerprint density at radius 3 is 2.86 bits per heavy atom. The first-order valence-electron chi connectivity index (χ1n) is 10.4. The summed E-state index contributed by atoms with van der Waals surface area (Å²) in [7, 11) is 1.69. The zero-order chi connectivity index (χ0) is 20.1. The number of anilines is 2. The number of fused-ring (bicyclic) bond motifs is 3. The number of likely N-dealkylation sites (tertiary alicyclic amines) is 1. The van der Waals surface area contributed by atoms with Crippen molar-refractivity contribution in [1.82, 2.24) is 4.90 Å². The quantitative estimate of drug-likeness (QED) is 0.803. The summed E-state index contributed by atoms with van der Waals surface area (Å²) in [5.74, 6) is 1.09. The maximum Gasteiger partial charge on any atom is 0.407 e. The monoisotopic (exact) mass is 393 g/mol. The first-order valence-corrected chi connectivity index (χ1v) is 10.4. The Morgan fingerprint density at radius 1 is 1.24 bits per heavy atom. The Balaban J connectivity index is 1.63. The van der Waals surface area contributed by atoms with Crippen molar-refractivity contribution in [3.05, 3.63) is 41.5 Å². The highest BCUT2D eigenvalue weighted by molar-refractivity contribution is 5.86. The van der Waals surface area contributed by atoms with Crippen LogP contribution in [0.3, 0.4) is 0 Å². The third kappa shape index (κ3) is 2.89. The summed E-state index contributed by atoms with van der Waals surface area (Å²) in [5.41, 5.74) is 7.31. The van der Waals surface area contributed by atoms with Gasteiger partial charge in [0.25, 0.3) is 0 Å². The number of carboxylic acid groups (broad SMARTS) is 1. The van der Waals surface area contributed by atoms with Crippen LogP contribution in [-0.2, 0) is 0 Å². The molecule has 2 aromatic rings. The predicted octanol–water partition coefficient (Wildman–Crippen LogP) is 4.14. The molecule has 152 valence electrons. The van der Waals surface area contributed by atoms with Crippen molar-refractivity contribution in [2.75, 3.05) is 43.5 Å². The number of carbonyl (C=O) groups is 1.